The molecule has 2 aromatic carbocycles. The Balaban J connectivity index is 0.000000365. The highest BCUT2D eigenvalue weighted by molar-refractivity contribution is 6.05. The number of rotatable bonds is 9. The van der Waals surface area contributed by atoms with Gasteiger partial charge in [0.1, 0.15) is 18.4 Å². The number of benzene rings is 2. The van der Waals surface area contributed by atoms with Crippen LogP contribution < -0.4 is 10.1 Å². The number of carboxylic acid groups (broad SMARTS) is 2. The Hall–Kier alpha value is -4.37. The molecule has 3 amide bonds. The molecule has 14 nitrogen and oxygen atoms in total. The van der Waals surface area contributed by atoms with E-state index in [2.05, 4.69) is 34.5 Å². The number of fused-ring (bicyclic) bond motifs is 1. The Kier molecular flexibility index (Phi) is 10.4. The first-order chi connectivity index (χ1) is 20.5. The lowest BCUT2D eigenvalue weighted by atomic mass is 10.0. The van der Waals surface area contributed by atoms with E-state index < -0.39 is 36.1 Å². The summed E-state index contributed by atoms with van der Waals surface area (Å²) < 4.78 is 11.5. The van der Waals surface area contributed by atoms with Crippen LogP contribution in [0.15, 0.2) is 42.5 Å². The van der Waals surface area contributed by atoms with Crippen molar-refractivity contribution in [1.82, 2.24) is 15.1 Å². The topological polar surface area (TPSA) is 203 Å². The largest absolute Gasteiger partial charge is 0.489 e. The summed E-state index contributed by atoms with van der Waals surface area (Å²) in [6, 6.07) is 13.2. The molecule has 0 aliphatic carbocycles. The summed E-state index contributed by atoms with van der Waals surface area (Å²) >= 11 is 0. The highest BCUT2D eigenvalue weighted by Crippen LogP contribution is 2.34. The smallest absolute Gasteiger partial charge is 0.335 e. The van der Waals surface area contributed by atoms with Gasteiger partial charge in [0.25, 0.3) is 5.91 Å². The summed E-state index contributed by atoms with van der Waals surface area (Å²) in [4.78, 5) is 60.1. The third-order valence-corrected chi connectivity index (χ3v) is 7.27. The minimum Gasteiger partial charge on any atom is -0.489 e. The second-order valence-electron chi connectivity index (χ2n) is 10.2. The van der Waals surface area contributed by atoms with Gasteiger partial charge in [-0.2, -0.15) is 0 Å². The van der Waals surface area contributed by atoms with Crippen LogP contribution in [-0.4, -0.2) is 104 Å². The SMILES string of the molecule is O=C(O)[C@@H](O)[C@H](O)C(=O)O.O=C1CC[C@H](N2Cc3c(OCc4ccc(CN5CCOCC5)cc4)cccc3C2=O)C(=O)N1. The Morgan fingerprint density at radius 3 is 2.19 bits per heavy atom. The molecule has 230 valence electrons. The minimum atomic E-state index is -2.27. The lowest BCUT2D eigenvalue weighted by Crippen LogP contribution is -2.52. The first-order valence-electron chi connectivity index (χ1n) is 13.6. The number of carboxylic acids is 2. The van der Waals surface area contributed by atoms with Gasteiger partial charge in [-0.3, -0.25) is 24.6 Å². The molecule has 14 heteroatoms. The fraction of sp³-hybridized carbons (Fsp3) is 0.414. The summed E-state index contributed by atoms with van der Waals surface area (Å²) in [5.74, 6) is -3.79. The van der Waals surface area contributed by atoms with Crippen molar-refractivity contribution < 1.29 is 53.9 Å². The van der Waals surface area contributed by atoms with Gasteiger partial charge in [0.05, 0.1) is 19.8 Å². The number of amides is 3. The van der Waals surface area contributed by atoms with Gasteiger partial charge in [-0.1, -0.05) is 30.3 Å². The molecule has 2 saturated heterocycles. The van der Waals surface area contributed by atoms with Crippen LogP contribution in [-0.2, 0) is 43.6 Å². The van der Waals surface area contributed by atoms with Crippen LogP contribution >= 0.6 is 0 Å². The van der Waals surface area contributed by atoms with E-state index in [9.17, 15) is 24.0 Å². The highest BCUT2D eigenvalue weighted by Gasteiger charge is 2.40. The van der Waals surface area contributed by atoms with Crippen LogP contribution in [0, 0.1) is 0 Å². The van der Waals surface area contributed by atoms with Crippen molar-refractivity contribution in [1.29, 1.82) is 0 Å². The predicted octanol–water partition coefficient (Wildman–Crippen LogP) is -0.264. The van der Waals surface area contributed by atoms with Crippen LogP contribution in [0.4, 0.5) is 0 Å². The second-order valence-corrected chi connectivity index (χ2v) is 10.2. The number of piperidine rings is 1. The normalized spacial score (nSPS) is 19.9. The van der Waals surface area contributed by atoms with Crippen molar-refractivity contribution in [2.45, 2.75) is 50.8 Å². The zero-order valence-electron chi connectivity index (χ0n) is 23.2. The van der Waals surface area contributed by atoms with Crippen molar-refractivity contribution in [3.63, 3.8) is 0 Å². The molecule has 3 atom stereocenters. The van der Waals surface area contributed by atoms with Crippen LogP contribution in [0.25, 0.3) is 0 Å². The highest BCUT2D eigenvalue weighted by atomic mass is 16.5. The molecule has 43 heavy (non-hydrogen) atoms. The zero-order valence-corrected chi connectivity index (χ0v) is 23.2. The van der Waals surface area contributed by atoms with Crippen molar-refractivity contribution in [3.05, 3.63) is 64.7 Å². The molecule has 5 rings (SSSR count). The van der Waals surface area contributed by atoms with Crippen LogP contribution in [0.5, 0.6) is 5.75 Å². The average Bonchev–Trinajstić information content (AvgIpc) is 3.33. The molecule has 0 saturated carbocycles. The first kappa shape index (κ1) is 31.6. The molecular weight excluding hydrogens is 566 g/mol. The standard InChI is InChI=1S/C25H27N3O5.C4H6O6/c29-23-9-8-21(24(30)26-23)28-15-20-19(25(28)31)2-1-3-22(20)33-16-18-6-4-17(5-7-18)14-27-10-12-32-13-11-27;5-1(3(7)8)2(6)4(9)10/h1-7,21H,8-16H2,(H,26,29,30);1-2,5-6H,(H,7,8)(H,9,10)/t21-;1-,2-/m00/s1. The molecule has 0 spiro atoms. The van der Waals surface area contributed by atoms with E-state index in [-0.39, 0.29) is 18.2 Å². The second kappa shape index (κ2) is 14.2. The molecular formula is C29H33N3O11. The number of hydrogen-bond acceptors (Lipinski definition) is 10. The van der Waals surface area contributed by atoms with Gasteiger partial charge in [-0.15, -0.1) is 0 Å². The van der Waals surface area contributed by atoms with Gasteiger partial charge < -0.3 is 34.8 Å². The predicted molar refractivity (Wildman–Crippen MR) is 147 cm³/mol. The molecule has 0 radical (unpaired) electrons. The minimum absolute atomic E-state index is 0.197. The number of ether oxygens (including phenoxy) is 2. The molecule has 3 aliphatic heterocycles. The van der Waals surface area contributed by atoms with E-state index in [1.54, 1.807) is 17.0 Å². The molecule has 0 bridgehead atoms. The Morgan fingerprint density at radius 1 is 0.953 bits per heavy atom. The molecule has 3 aliphatic rings. The quantitative estimate of drug-likeness (QED) is 0.237. The monoisotopic (exact) mass is 599 g/mol. The van der Waals surface area contributed by atoms with E-state index in [1.807, 2.05) is 6.07 Å². The van der Waals surface area contributed by atoms with Crippen molar-refractivity contribution >= 4 is 29.7 Å². The van der Waals surface area contributed by atoms with Crippen molar-refractivity contribution in [2.24, 2.45) is 0 Å². The lowest BCUT2D eigenvalue weighted by Gasteiger charge is -2.29. The summed E-state index contributed by atoms with van der Waals surface area (Å²) in [6.07, 6.45) is -3.95. The van der Waals surface area contributed by atoms with Gasteiger partial charge in [-0.25, -0.2) is 9.59 Å². The number of hydrogen-bond donors (Lipinski definition) is 5. The summed E-state index contributed by atoms with van der Waals surface area (Å²) in [7, 11) is 0. The third-order valence-electron chi connectivity index (χ3n) is 7.27. The Morgan fingerprint density at radius 2 is 1.58 bits per heavy atom. The van der Waals surface area contributed by atoms with E-state index >= 15 is 0 Å². The van der Waals surface area contributed by atoms with Gasteiger partial charge >= 0.3 is 11.9 Å². The number of morpholine rings is 1. The number of imide groups is 1. The van der Waals surface area contributed by atoms with Crippen LogP contribution in [0.2, 0.25) is 0 Å². The maximum Gasteiger partial charge on any atom is 0.335 e. The molecule has 2 fully saturated rings. The number of aliphatic hydroxyl groups excluding tert-OH is 2. The first-order valence-corrected chi connectivity index (χ1v) is 13.6. The molecule has 5 N–H and O–H groups in total. The van der Waals surface area contributed by atoms with Crippen molar-refractivity contribution in [2.75, 3.05) is 26.3 Å². The van der Waals surface area contributed by atoms with Gasteiger partial charge in [0.15, 0.2) is 12.2 Å². The van der Waals surface area contributed by atoms with Gasteiger partial charge in [0.2, 0.25) is 11.8 Å². The number of aliphatic carboxylic acids is 2. The van der Waals surface area contributed by atoms with E-state index in [4.69, 9.17) is 29.9 Å². The summed E-state index contributed by atoms with van der Waals surface area (Å²) in [5.41, 5.74) is 3.64. The molecule has 0 unspecified atom stereocenters. The zero-order chi connectivity index (χ0) is 31.1. The van der Waals surface area contributed by atoms with Gasteiger partial charge in [-0.05, 0) is 29.7 Å². The van der Waals surface area contributed by atoms with Crippen LogP contribution in [0.3, 0.4) is 0 Å². The summed E-state index contributed by atoms with van der Waals surface area (Å²) in [6.45, 7) is 5.09. The number of carbonyl (C=O) groups excluding carboxylic acids is 3. The maximum atomic E-state index is 12.9. The molecule has 0 aromatic heterocycles. The van der Waals surface area contributed by atoms with E-state index in [1.165, 1.54) is 5.56 Å². The molecule has 2 aromatic rings. The fourth-order valence-electron chi connectivity index (χ4n) is 4.88. The Labute approximate surface area is 246 Å². The maximum absolute atomic E-state index is 12.9. The number of nitrogens with zero attached hydrogens (tertiary/aromatic N) is 2. The third kappa shape index (κ3) is 7.93. The number of carbonyl (C=O) groups is 5. The van der Waals surface area contributed by atoms with E-state index in [0.29, 0.717) is 30.9 Å². The van der Waals surface area contributed by atoms with Crippen molar-refractivity contribution in [3.8, 4) is 5.75 Å². The average molecular weight is 600 g/mol. The van der Waals surface area contributed by atoms with Gasteiger partial charge in [0, 0.05) is 37.2 Å². The summed E-state index contributed by atoms with van der Waals surface area (Å²) in [5, 5.41) is 34.9. The fourth-order valence-corrected chi connectivity index (χ4v) is 4.88. The molecule has 3 heterocycles. The lowest BCUT2D eigenvalue weighted by molar-refractivity contribution is -0.165. The Bertz CT molecular complexity index is 1340. The number of nitrogens with one attached hydrogen (secondary N) is 1. The van der Waals surface area contributed by atoms with E-state index in [0.717, 1.165) is 44.0 Å². The van der Waals surface area contributed by atoms with Crippen LogP contribution in [0.1, 0.15) is 39.9 Å². The number of aliphatic hydroxyl groups is 2.